The smallest absolute Gasteiger partial charge is 0.343 e. The molecule has 0 bridgehead atoms. The zero-order valence-electron chi connectivity index (χ0n) is 11.2. The van der Waals surface area contributed by atoms with Crippen molar-refractivity contribution in [3.63, 3.8) is 0 Å². The minimum Gasteiger partial charge on any atom is -0.482 e. The number of nitrogens with zero attached hydrogens (tertiary/aromatic N) is 2. The predicted molar refractivity (Wildman–Crippen MR) is 78.7 cm³/mol. The molecule has 1 aromatic heterocycles. The van der Waals surface area contributed by atoms with Gasteiger partial charge in [-0.1, -0.05) is 0 Å². The molecule has 8 heteroatoms. The Morgan fingerprint density at radius 2 is 2.10 bits per heavy atom. The molecular formula is C13H13ClN4O3. The number of rotatable bonds is 5. The van der Waals surface area contributed by atoms with Crippen LogP contribution < -0.4 is 15.8 Å². The highest BCUT2D eigenvalue weighted by atomic mass is 35.5. The van der Waals surface area contributed by atoms with Gasteiger partial charge in [0, 0.05) is 5.69 Å². The molecule has 0 fully saturated rings. The number of anilines is 3. The number of nitrogen functional groups attached to an aromatic ring is 1. The summed E-state index contributed by atoms with van der Waals surface area (Å²) in [7, 11) is 1.30. The van der Waals surface area contributed by atoms with E-state index >= 15 is 0 Å². The van der Waals surface area contributed by atoms with Gasteiger partial charge in [0.1, 0.15) is 5.75 Å². The third-order valence-corrected chi connectivity index (χ3v) is 2.67. The monoisotopic (exact) mass is 308 g/mol. The van der Waals surface area contributed by atoms with Crippen LogP contribution in [0.5, 0.6) is 5.75 Å². The van der Waals surface area contributed by atoms with Gasteiger partial charge in [-0.25, -0.2) is 9.78 Å². The van der Waals surface area contributed by atoms with Crippen molar-refractivity contribution in [3.8, 4) is 5.75 Å². The summed E-state index contributed by atoms with van der Waals surface area (Å²) in [6, 6.07) is 6.90. The highest BCUT2D eigenvalue weighted by molar-refractivity contribution is 6.28. The summed E-state index contributed by atoms with van der Waals surface area (Å²) < 4.78 is 9.72. The number of halogens is 1. The van der Waals surface area contributed by atoms with E-state index in [2.05, 4.69) is 20.0 Å². The number of hydrogen-bond acceptors (Lipinski definition) is 7. The molecule has 0 saturated carbocycles. The standard InChI is InChI=1S/C13H13ClN4O3/c1-20-11(19)7-21-9-4-2-8(3-5-9)17-12-10(15)6-16-13(14)18-12/h2-6H,7,15H2,1H3,(H,16,17,18). The van der Waals surface area contributed by atoms with E-state index in [-0.39, 0.29) is 11.9 Å². The Morgan fingerprint density at radius 1 is 1.38 bits per heavy atom. The van der Waals surface area contributed by atoms with E-state index in [0.717, 1.165) is 5.69 Å². The number of carbonyl (C=O) groups excluding carboxylic acids is 1. The van der Waals surface area contributed by atoms with Gasteiger partial charge in [-0.15, -0.1) is 0 Å². The molecule has 1 aromatic carbocycles. The molecule has 0 saturated heterocycles. The van der Waals surface area contributed by atoms with Crippen LogP contribution in [0, 0.1) is 0 Å². The first-order valence-corrected chi connectivity index (χ1v) is 6.31. The summed E-state index contributed by atoms with van der Waals surface area (Å²) in [6.45, 7) is -0.141. The van der Waals surface area contributed by atoms with E-state index in [1.54, 1.807) is 24.3 Å². The molecule has 21 heavy (non-hydrogen) atoms. The molecule has 0 unspecified atom stereocenters. The molecule has 0 amide bonds. The number of esters is 1. The van der Waals surface area contributed by atoms with Crippen molar-refractivity contribution in [2.24, 2.45) is 0 Å². The summed E-state index contributed by atoms with van der Waals surface area (Å²) in [5.41, 5.74) is 6.86. The average molecular weight is 309 g/mol. The first-order valence-electron chi connectivity index (χ1n) is 5.93. The molecule has 2 aromatic rings. The maximum absolute atomic E-state index is 11.0. The Labute approximate surface area is 126 Å². The van der Waals surface area contributed by atoms with E-state index < -0.39 is 5.97 Å². The maximum Gasteiger partial charge on any atom is 0.343 e. The molecular weight excluding hydrogens is 296 g/mol. The first kappa shape index (κ1) is 14.9. The fraction of sp³-hybridized carbons (Fsp3) is 0.154. The van der Waals surface area contributed by atoms with Crippen LogP contribution in [0.4, 0.5) is 17.2 Å². The van der Waals surface area contributed by atoms with Crippen molar-refractivity contribution < 1.29 is 14.3 Å². The van der Waals surface area contributed by atoms with Crippen LogP contribution in [-0.4, -0.2) is 29.7 Å². The van der Waals surface area contributed by atoms with E-state index in [1.165, 1.54) is 13.3 Å². The molecule has 0 atom stereocenters. The minimum atomic E-state index is -0.444. The zero-order chi connectivity index (χ0) is 15.2. The van der Waals surface area contributed by atoms with Gasteiger partial charge in [0.25, 0.3) is 0 Å². The van der Waals surface area contributed by atoms with Gasteiger partial charge >= 0.3 is 5.97 Å². The zero-order valence-corrected chi connectivity index (χ0v) is 11.9. The SMILES string of the molecule is COC(=O)COc1ccc(Nc2nc(Cl)ncc2N)cc1. The van der Waals surface area contributed by atoms with E-state index in [9.17, 15) is 4.79 Å². The predicted octanol–water partition coefficient (Wildman–Crippen LogP) is 2.01. The number of ether oxygens (including phenoxy) is 2. The highest BCUT2D eigenvalue weighted by Crippen LogP contribution is 2.23. The second-order valence-corrected chi connectivity index (χ2v) is 4.30. The molecule has 2 rings (SSSR count). The highest BCUT2D eigenvalue weighted by Gasteiger charge is 2.05. The molecule has 0 aliphatic heterocycles. The largest absolute Gasteiger partial charge is 0.482 e. The minimum absolute atomic E-state index is 0.102. The van der Waals surface area contributed by atoms with Gasteiger partial charge < -0.3 is 20.5 Å². The Bertz CT molecular complexity index is 634. The normalized spacial score (nSPS) is 10.0. The number of nitrogens with one attached hydrogen (secondary N) is 1. The van der Waals surface area contributed by atoms with Crippen LogP contribution in [-0.2, 0) is 9.53 Å². The quantitative estimate of drug-likeness (QED) is 0.643. The number of aromatic nitrogens is 2. The van der Waals surface area contributed by atoms with Gasteiger partial charge in [0.2, 0.25) is 5.28 Å². The summed E-state index contributed by atoms with van der Waals surface area (Å²) in [5, 5.41) is 3.11. The van der Waals surface area contributed by atoms with Gasteiger partial charge in [0.05, 0.1) is 19.0 Å². The van der Waals surface area contributed by atoms with Crippen molar-refractivity contribution in [2.75, 3.05) is 24.8 Å². The van der Waals surface area contributed by atoms with Crippen LogP contribution in [0.2, 0.25) is 5.28 Å². The van der Waals surface area contributed by atoms with Crippen molar-refractivity contribution in [2.45, 2.75) is 0 Å². The molecule has 110 valence electrons. The molecule has 0 radical (unpaired) electrons. The maximum atomic E-state index is 11.0. The summed E-state index contributed by atoms with van der Waals surface area (Å²) >= 11 is 5.71. The van der Waals surface area contributed by atoms with Crippen molar-refractivity contribution in [3.05, 3.63) is 35.7 Å². The number of methoxy groups -OCH3 is 1. The molecule has 0 spiro atoms. The molecule has 3 N–H and O–H groups in total. The number of carbonyl (C=O) groups is 1. The van der Waals surface area contributed by atoms with Gasteiger partial charge in [-0.3, -0.25) is 0 Å². The Balaban J connectivity index is 2.02. The summed E-state index contributed by atoms with van der Waals surface area (Å²) in [5.74, 6) is 0.512. The Hall–Kier alpha value is -2.54. The molecule has 1 heterocycles. The lowest BCUT2D eigenvalue weighted by Gasteiger charge is -2.09. The Kier molecular flexibility index (Phi) is 4.78. The topological polar surface area (TPSA) is 99.4 Å². The first-order chi connectivity index (χ1) is 10.1. The lowest BCUT2D eigenvalue weighted by atomic mass is 10.3. The van der Waals surface area contributed by atoms with Gasteiger partial charge in [-0.05, 0) is 35.9 Å². The van der Waals surface area contributed by atoms with Crippen molar-refractivity contribution in [1.29, 1.82) is 0 Å². The number of hydrogen-bond donors (Lipinski definition) is 2. The third-order valence-electron chi connectivity index (χ3n) is 2.49. The van der Waals surface area contributed by atoms with E-state index in [4.69, 9.17) is 22.1 Å². The second-order valence-electron chi connectivity index (χ2n) is 3.96. The van der Waals surface area contributed by atoms with Crippen LogP contribution in [0.1, 0.15) is 0 Å². The second kappa shape index (κ2) is 6.76. The number of benzene rings is 1. The van der Waals surface area contributed by atoms with Crippen LogP contribution >= 0.6 is 11.6 Å². The lowest BCUT2D eigenvalue weighted by molar-refractivity contribution is -0.142. The fourth-order valence-corrected chi connectivity index (χ4v) is 1.58. The van der Waals surface area contributed by atoms with Crippen molar-refractivity contribution >= 4 is 34.8 Å². The Morgan fingerprint density at radius 3 is 2.76 bits per heavy atom. The summed E-state index contributed by atoms with van der Waals surface area (Å²) in [4.78, 5) is 18.7. The van der Waals surface area contributed by atoms with Crippen LogP contribution in [0.25, 0.3) is 0 Å². The molecule has 0 aliphatic rings. The molecule has 0 aliphatic carbocycles. The van der Waals surface area contributed by atoms with E-state index in [0.29, 0.717) is 17.3 Å². The van der Waals surface area contributed by atoms with Crippen molar-refractivity contribution in [1.82, 2.24) is 9.97 Å². The fourth-order valence-electron chi connectivity index (χ4n) is 1.44. The van der Waals surface area contributed by atoms with Crippen LogP contribution in [0.15, 0.2) is 30.5 Å². The third kappa shape index (κ3) is 4.22. The van der Waals surface area contributed by atoms with Gasteiger partial charge in [-0.2, -0.15) is 4.98 Å². The lowest BCUT2D eigenvalue weighted by Crippen LogP contribution is -2.12. The average Bonchev–Trinajstić information content (AvgIpc) is 2.50. The number of nitrogens with two attached hydrogens (primary N) is 1. The van der Waals surface area contributed by atoms with E-state index in [1.807, 2.05) is 0 Å². The molecule has 7 nitrogen and oxygen atoms in total. The van der Waals surface area contributed by atoms with Crippen LogP contribution in [0.3, 0.4) is 0 Å². The van der Waals surface area contributed by atoms with Gasteiger partial charge in [0.15, 0.2) is 12.4 Å². The summed E-state index contributed by atoms with van der Waals surface area (Å²) in [6.07, 6.45) is 1.42.